The van der Waals surface area contributed by atoms with E-state index in [2.05, 4.69) is 0 Å². The van der Waals surface area contributed by atoms with Crippen LogP contribution in [-0.2, 0) is 0 Å². The van der Waals surface area contributed by atoms with Crippen molar-refractivity contribution in [2.24, 2.45) is 0 Å². The van der Waals surface area contributed by atoms with E-state index >= 15 is 0 Å². The Labute approximate surface area is 67.5 Å². The van der Waals surface area contributed by atoms with Crippen molar-refractivity contribution in [1.82, 2.24) is 0 Å². The number of benzene rings is 1. The fourth-order valence-corrected chi connectivity index (χ4v) is 1.31. The van der Waals surface area contributed by atoms with Crippen LogP contribution >= 0.6 is 8.20 Å². The molecule has 0 fully saturated rings. The number of phenolic OH excluding ortho intramolecular Hbond substituents is 1. The Balaban J connectivity index is 3.12. The molecule has 0 atom stereocenters. The fourth-order valence-electron chi connectivity index (χ4n) is 0.813. The van der Waals surface area contributed by atoms with Gasteiger partial charge in [-0.25, -0.2) is 0 Å². The molecule has 0 spiro atoms. The lowest BCUT2D eigenvalue weighted by atomic mass is 10.2. The van der Waals surface area contributed by atoms with Gasteiger partial charge in [0.05, 0.1) is 0 Å². The van der Waals surface area contributed by atoms with E-state index in [9.17, 15) is 0 Å². The molecule has 3 heteroatoms. The van der Waals surface area contributed by atoms with E-state index in [0.29, 0.717) is 5.69 Å². The number of anilines is 1. The number of aromatic hydroxyl groups is 1. The van der Waals surface area contributed by atoms with Crippen molar-refractivity contribution in [1.29, 1.82) is 0 Å². The predicted octanol–water partition coefficient (Wildman–Crippen LogP) is 1.70. The Morgan fingerprint density at radius 2 is 2.27 bits per heavy atom. The van der Waals surface area contributed by atoms with Crippen LogP contribution in [0.15, 0.2) is 18.2 Å². The van der Waals surface area contributed by atoms with Crippen LogP contribution in [0.1, 0.15) is 5.56 Å². The van der Waals surface area contributed by atoms with Gasteiger partial charge in [-0.1, -0.05) is 0 Å². The SMILES string of the molecule is CP=Cc1cc(O)ccc1N. The van der Waals surface area contributed by atoms with Gasteiger partial charge in [0.25, 0.3) is 0 Å². The molecule has 1 aromatic rings. The van der Waals surface area contributed by atoms with Crippen LogP contribution in [0.5, 0.6) is 5.75 Å². The van der Waals surface area contributed by atoms with E-state index in [1.165, 1.54) is 0 Å². The minimum Gasteiger partial charge on any atom is -0.508 e. The minimum absolute atomic E-state index is 0.258. The second-order valence-corrected chi connectivity index (χ2v) is 2.98. The smallest absolute Gasteiger partial charge is 0.116 e. The molecule has 0 aliphatic carbocycles. The summed E-state index contributed by atoms with van der Waals surface area (Å²) >= 11 is 0. The van der Waals surface area contributed by atoms with Gasteiger partial charge in [-0.2, -0.15) is 0 Å². The van der Waals surface area contributed by atoms with Gasteiger partial charge in [-0.3, -0.25) is 0 Å². The maximum Gasteiger partial charge on any atom is 0.116 e. The first-order chi connectivity index (χ1) is 5.24. The van der Waals surface area contributed by atoms with E-state index in [4.69, 9.17) is 10.8 Å². The molecule has 0 saturated carbocycles. The number of nitrogens with two attached hydrogens (primary N) is 1. The summed E-state index contributed by atoms with van der Waals surface area (Å²) in [6.07, 6.45) is 0. The van der Waals surface area contributed by atoms with Crippen LogP contribution in [0.4, 0.5) is 5.69 Å². The summed E-state index contributed by atoms with van der Waals surface area (Å²) in [5.74, 6) is 2.21. The number of hydrogen-bond donors (Lipinski definition) is 2. The second-order valence-electron chi connectivity index (χ2n) is 2.20. The molecule has 11 heavy (non-hydrogen) atoms. The molecule has 0 aliphatic heterocycles. The third-order valence-corrected chi connectivity index (χ3v) is 1.87. The average Bonchev–Trinajstić information content (AvgIpc) is 1.98. The van der Waals surface area contributed by atoms with Crippen LogP contribution < -0.4 is 5.73 Å². The van der Waals surface area contributed by atoms with Gasteiger partial charge in [-0.05, 0) is 30.7 Å². The number of rotatable bonds is 1. The van der Waals surface area contributed by atoms with Crippen molar-refractivity contribution in [2.45, 2.75) is 0 Å². The van der Waals surface area contributed by atoms with Crippen LogP contribution in [0.25, 0.3) is 0 Å². The van der Waals surface area contributed by atoms with Gasteiger partial charge in [0, 0.05) is 11.3 Å². The van der Waals surface area contributed by atoms with Crippen molar-refractivity contribution in [3.63, 3.8) is 0 Å². The lowest BCUT2D eigenvalue weighted by Crippen LogP contribution is -1.90. The lowest BCUT2D eigenvalue weighted by molar-refractivity contribution is 0.475. The molecule has 2 nitrogen and oxygen atoms in total. The first kappa shape index (κ1) is 8.09. The molecule has 0 heterocycles. The zero-order valence-corrected chi connectivity index (χ0v) is 7.18. The average molecular weight is 167 g/mol. The molecule has 0 aliphatic rings. The van der Waals surface area contributed by atoms with Crippen LogP contribution in [-0.4, -0.2) is 17.6 Å². The van der Waals surface area contributed by atoms with Gasteiger partial charge in [0.2, 0.25) is 0 Å². The normalized spacial score (nSPS) is 10.6. The second kappa shape index (κ2) is 3.40. The molecular weight excluding hydrogens is 157 g/mol. The molecule has 58 valence electrons. The van der Waals surface area contributed by atoms with Crippen molar-refractivity contribution in [3.8, 4) is 5.75 Å². The topological polar surface area (TPSA) is 46.2 Å². The third-order valence-electron chi connectivity index (χ3n) is 1.34. The highest BCUT2D eigenvalue weighted by atomic mass is 31.1. The van der Waals surface area contributed by atoms with Crippen molar-refractivity contribution in [3.05, 3.63) is 23.8 Å². The molecule has 3 N–H and O–H groups in total. The number of hydrogen-bond acceptors (Lipinski definition) is 2. The molecular formula is C8H10NOP. The first-order valence-electron chi connectivity index (χ1n) is 3.24. The number of nitrogen functional groups attached to an aromatic ring is 1. The Morgan fingerprint density at radius 1 is 1.55 bits per heavy atom. The molecule has 0 unspecified atom stereocenters. The largest absolute Gasteiger partial charge is 0.508 e. The Morgan fingerprint density at radius 3 is 2.91 bits per heavy atom. The Kier molecular flexibility index (Phi) is 2.50. The molecule has 1 rings (SSSR count). The third kappa shape index (κ3) is 1.95. The molecule has 0 saturated heterocycles. The Bertz CT molecular complexity index is 283. The maximum absolute atomic E-state index is 9.09. The highest BCUT2D eigenvalue weighted by molar-refractivity contribution is 7.38. The van der Waals surface area contributed by atoms with Crippen LogP contribution in [0, 0.1) is 0 Å². The summed E-state index contributed by atoms with van der Waals surface area (Å²) in [5.41, 5.74) is 7.23. The van der Waals surface area contributed by atoms with Gasteiger partial charge >= 0.3 is 0 Å². The molecule has 0 amide bonds. The zero-order chi connectivity index (χ0) is 8.27. The molecule has 0 bridgehead atoms. The van der Waals surface area contributed by atoms with E-state index in [1.54, 1.807) is 18.2 Å². The predicted molar refractivity (Wildman–Crippen MR) is 50.5 cm³/mol. The van der Waals surface area contributed by atoms with Gasteiger partial charge in [0.1, 0.15) is 5.75 Å². The molecule has 0 radical (unpaired) electrons. The summed E-state index contributed by atoms with van der Waals surface area (Å²) in [6, 6.07) is 4.94. The summed E-state index contributed by atoms with van der Waals surface area (Å²) < 4.78 is 0. The molecule has 1 aromatic carbocycles. The van der Waals surface area contributed by atoms with Crippen molar-refractivity contribution >= 4 is 19.7 Å². The van der Waals surface area contributed by atoms with E-state index < -0.39 is 0 Å². The quantitative estimate of drug-likeness (QED) is 0.380. The Hall–Kier alpha value is -1.01. The number of phenols is 1. The van der Waals surface area contributed by atoms with Gasteiger partial charge in [0.15, 0.2) is 0 Å². The zero-order valence-electron chi connectivity index (χ0n) is 6.28. The van der Waals surface area contributed by atoms with Gasteiger partial charge < -0.3 is 10.8 Å². The summed E-state index contributed by atoms with van der Waals surface area (Å²) in [7, 11) is 1.14. The minimum atomic E-state index is 0.258. The van der Waals surface area contributed by atoms with Gasteiger partial charge in [-0.15, -0.1) is 8.20 Å². The van der Waals surface area contributed by atoms with Crippen LogP contribution in [0.2, 0.25) is 0 Å². The van der Waals surface area contributed by atoms with E-state index in [1.807, 2.05) is 12.5 Å². The monoisotopic (exact) mass is 167 g/mol. The maximum atomic E-state index is 9.09. The summed E-state index contributed by atoms with van der Waals surface area (Å²) in [4.78, 5) is 0. The van der Waals surface area contributed by atoms with E-state index in [-0.39, 0.29) is 5.75 Å². The summed E-state index contributed by atoms with van der Waals surface area (Å²) in [6.45, 7) is 2.00. The summed E-state index contributed by atoms with van der Waals surface area (Å²) in [5, 5.41) is 9.09. The standard InChI is InChI=1S/C8H10NOP/c1-11-5-6-4-7(10)2-3-8(6)9/h2-5,10H,9H2,1H3. The van der Waals surface area contributed by atoms with Crippen molar-refractivity contribution < 1.29 is 5.11 Å². The fraction of sp³-hybridized carbons (Fsp3) is 0.125. The van der Waals surface area contributed by atoms with E-state index in [0.717, 1.165) is 13.8 Å². The molecule has 0 aromatic heterocycles. The van der Waals surface area contributed by atoms with Crippen LogP contribution in [0.3, 0.4) is 0 Å². The first-order valence-corrected chi connectivity index (χ1v) is 4.66. The lowest BCUT2D eigenvalue weighted by Gasteiger charge is -1.99. The highest BCUT2D eigenvalue weighted by Gasteiger charge is 1.94. The highest BCUT2D eigenvalue weighted by Crippen LogP contribution is 2.17. The van der Waals surface area contributed by atoms with Crippen molar-refractivity contribution in [2.75, 3.05) is 12.4 Å².